The summed E-state index contributed by atoms with van der Waals surface area (Å²) < 4.78 is 22.2. The molecule has 0 saturated heterocycles. The number of benzene rings is 2. The molecule has 3 aromatic rings. The Morgan fingerprint density at radius 1 is 1.06 bits per heavy atom. The molecule has 32 heavy (non-hydrogen) atoms. The van der Waals surface area contributed by atoms with Crippen LogP contribution in [0.5, 0.6) is 17.2 Å². The van der Waals surface area contributed by atoms with Crippen molar-refractivity contribution in [2.24, 2.45) is 0 Å². The minimum Gasteiger partial charge on any atom is -0.479 e. The molecule has 0 N–H and O–H groups in total. The minimum absolute atomic E-state index is 0.0318. The van der Waals surface area contributed by atoms with Gasteiger partial charge in [-0.05, 0) is 48.6 Å². The van der Waals surface area contributed by atoms with Gasteiger partial charge in [0.05, 0.1) is 12.0 Å². The average molecular weight is 439 g/mol. The third-order valence-electron chi connectivity index (χ3n) is 5.05. The number of rotatable bonds is 8. The highest BCUT2D eigenvalue weighted by atomic mass is 16.6. The minimum atomic E-state index is -0.769. The number of hydrogen-bond donors (Lipinski definition) is 0. The van der Waals surface area contributed by atoms with E-state index in [1.807, 2.05) is 31.2 Å². The van der Waals surface area contributed by atoms with Crippen molar-refractivity contribution in [3.8, 4) is 17.2 Å². The first-order valence-electron chi connectivity index (χ1n) is 10.9. The smallest absolute Gasteiger partial charge is 0.347 e. The molecule has 0 radical (unpaired) electrons. The summed E-state index contributed by atoms with van der Waals surface area (Å²) in [5.41, 5.74) is 1.26. The van der Waals surface area contributed by atoms with E-state index >= 15 is 0 Å². The lowest BCUT2D eigenvalue weighted by Crippen LogP contribution is -2.26. The maximum Gasteiger partial charge on any atom is 0.347 e. The first kappa shape index (κ1) is 23.4. The van der Waals surface area contributed by atoms with Crippen LogP contribution in [0.15, 0.2) is 57.9 Å². The van der Waals surface area contributed by atoms with E-state index in [-0.39, 0.29) is 16.6 Å². The molecule has 3 rings (SSSR count). The van der Waals surface area contributed by atoms with Crippen molar-refractivity contribution < 1.29 is 23.4 Å². The van der Waals surface area contributed by atoms with Gasteiger partial charge in [0.2, 0.25) is 11.2 Å². The zero-order valence-corrected chi connectivity index (χ0v) is 19.3. The van der Waals surface area contributed by atoms with E-state index in [1.165, 1.54) is 11.8 Å². The predicted octanol–water partition coefficient (Wildman–Crippen LogP) is 5.99. The van der Waals surface area contributed by atoms with Crippen molar-refractivity contribution in [1.29, 1.82) is 0 Å². The van der Waals surface area contributed by atoms with Crippen LogP contribution < -0.4 is 14.9 Å². The van der Waals surface area contributed by atoms with Gasteiger partial charge in [-0.3, -0.25) is 4.79 Å². The second kappa shape index (κ2) is 9.90. The van der Waals surface area contributed by atoms with Gasteiger partial charge in [0, 0.05) is 6.07 Å². The van der Waals surface area contributed by atoms with Crippen molar-refractivity contribution >= 4 is 16.9 Å². The van der Waals surface area contributed by atoms with E-state index in [4.69, 9.17) is 18.6 Å². The quantitative estimate of drug-likeness (QED) is 0.317. The Labute approximate surface area is 188 Å². The van der Waals surface area contributed by atoms with Crippen LogP contribution in [0.2, 0.25) is 0 Å². The van der Waals surface area contributed by atoms with Crippen LogP contribution in [0.3, 0.4) is 0 Å². The van der Waals surface area contributed by atoms with Gasteiger partial charge in [-0.1, -0.05) is 46.2 Å². The zero-order valence-electron chi connectivity index (χ0n) is 19.3. The number of fused-ring (bicyclic) bond motifs is 1. The molecule has 0 amide bonds. The van der Waals surface area contributed by atoms with Crippen LogP contribution >= 0.6 is 0 Å². The average Bonchev–Trinajstić information content (AvgIpc) is 2.75. The Morgan fingerprint density at radius 3 is 2.41 bits per heavy atom. The fourth-order valence-corrected chi connectivity index (χ4v) is 3.07. The molecule has 0 bridgehead atoms. The Kier molecular flexibility index (Phi) is 7.23. The van der Waals surface area contributed by atoms with Crippen molar-refractivity contribution in [2.45, 2.75) is 59.0 Å². The molecule has 170 valence electrons. The Bertz CT molecular complexity index is 1120. The van der Waals surface area contributed by atoms with Gasteiger partial charge in [-0.15, -0.1) is 0 Å². The topological polar surface area (TPSA) is 75.0 Å². The summed E-state index contributed by atoms with van der Waals surface area (Å²) in [5.74, 6) is 0.635. The van der Waals surface area contributed by atoms with E-state index in [0.29, 0.717) is 29.1 Å². The number of ether oxygens (including phenoxy) is 3. The van der Waals surface area contributed by atoms with Gasteiger partial charge in [0.25, 0.3) is 0 Å². The van der Waals surface area contributed by atoms with E-state index in [2.05, 4.69) is 20.8 Å². The number of carbonyl (C=O) groups is 1. The molecule has 0 aliphatic carbocycles. The second-order valence-electron chi connectivity index (χ2n) is 8.74. The molecule has 6 nitrogen and oxygen atoms in total. The Morgan fingerprint density at radius 2 is 1.75 bits per heavy atom. The Balaban J connectivity index is 1.74. The summed E-state index contributed by atoms with van der Waals surface area (Å²) in [5, 5.41) is 0.360. The fraction of sp³-hybridized carbons (Fsp3) is 0.385. The van der Waals surface area contributed by atoms with Crippen LogP contribution in [-0.2, 0) is 14.9 Å². The van der Waals surface area contributed by atoms with Gasteiger partial charge in [0.1, 0.15) is 23.3 Å². The summed E-state index contributed by atoms with van der Waals surface area (Å²) in [6.07, 6.45) is 2.27. The van der Waals surface area contributed by atoms with Crippen molar-refractivity contribution in [2.75, 3.05) is 6.61 Å². The molecular formula is C26H30O6. The Hall–Kier alpha value is -3.28. The number of hydrogen-bond acceptors (Lipinski definition) is 6. The van der Waals surface area contributed by atoms with E-state index in [0.717, 1.165) is 12.8 Å². The fourth-order valence-electron chi connectivity index (χ4n) is 3.07. The summed E-state index contributed by atoms with van der Waals surface area (Å²) in [7, 11) is 0. The molecule has 1 aromatic heterocycles. The highest BCUT2D eigenvalue weighted by Crippen LogP contribution is 2.27. The standard InChI is InChI=1S/C26H30O6/c1-6-7-14-29-25(28)17(2)31-20-12-13-21-22(15-20)30-16-23(24(21)27)32-19-10-8-18(9-11-19)26(3,4)5/h8-13,15-17H,6-7,14H2,1-5H3/t17-/m1/s1. The molecule has 6 heteroatoms. The molecule has 0 aliphatic rings. The predicted molar refractivity (Wildman–Crippen MR) is 124 cm³/mol. The molecule has 2 aromatic carbocycles. The summed E-state index contributed by atoms with van der Waals surface area (Å²) in [6.45, 7) is 10.4. The molecule has 0 saturated carbocycles. The van der Waals surface area contributed by atoms with Crippen molar-refractivity contribution in [1.82, 2.24) is 0 Å². The molecule has 0 aliphatic heterocycles. The largest absolute Gasteiger partial charge is 0.479 e. The lowest BCUT2D eigenvalue weighted by Gasteiger charge is -2.19. The van der Waals surface area contributed by atoms with Gasteiger partial charge < -0.3 is 18.6 Å². The van der Waals surface area contributed by atoms with Crippen molar-refractivity contribution in [3.05, 3.63) is 64.5 Å². The number of carbonyl (C=O) groups excluding carboxylic acids is 1. The lowest BCUT2D eigenvalue weighted by atomic mass is 9.87. The van der Waals surface area contributed by atoms with Crippen LogP contribution in [0.25, 0.3) is 11.0 Å². The van der Waals surface area contributed by atoms with Crippen LogP contribution in [0.4, 0.5) is 0 Å². The second-order valence-corrected chi connectivity index (χ2v) is 8.74. The maximum absolute atomic E-state index is 12.8. The maximum atomic E-state index is 12.8. The monoisotopic (exact) mass is 438 g/mol. The van der Waals surface area contributed by atoms with E-state index in [9.17, 15) is 9.59 Å². The first-order chi connectivity index (χ1) is 15.2. The number of unbranched alkanes of at least 4 members (excludes halogenated alkanes) is 1. The SMILES string of the molecule is CCCCOC(=O)[C@@H](C)Oc1ccc2c(=O)c(Oc3ccc(C(C)(C)C)cc3)coc2c1. The molecule has 1 heterocycles. The number of esters is 1. The van der Waals surface area contributed by atoms with Gasteiger partial charge in [-0.2, -0.15) is 0 Å². The molecular weight excluding hydrogens is 408 g/mol. The van der Waals surface area contributed by atoms with Crippen LogP contribution in [-0.4, -0.2) is 18.7 Å². The van der Waals surface area contributed by atoms with Gasteiger partial charge >= 0.3 is 5.97 Å². The van der Waals surface area contributed by atoms with E-state index < -0.39 is 12.1 Å². The summed E-state index contributed by atoms with van der Waals surface area (Å²) in [4.78, 5) is 24.8. The van der Waals surface area contributed by atoms with Crippen molar-refractivity contribution in [3.63, 3.8) is 0 Å². The van der Waals surface area contributed by atoms with Crippen LogP contribution in [0, 0.1) is 0 Å². The third kappa shape index (κ3) is 5.69. The molecule has 0 spiro atoms. The zero-order chi connectivity index (χ0) is 23.3. The lowest BCUT2D eigenvalue weighted by molar-refractivity contribution is -0.151. The molecule has 0 unspecified atom stereocenters. The molecule has 1 atom stereocenters. The molecule has 0 fully saturated rings. The highest BCUT2D eigenvalue weighted by molar-refractivity contribution is 5.79. The highest BCUT2D eigenvalue weighted by Gasteiger charge is 2.18. The van der Waals surface area contributed by atoms with Crippen LogP contribution in [0.1, 0.15) is 53.0 Å². The third-order valence-corrected chi connectivity index (χ3v) is 5.05. The van der Waals surface area contributed by atoms with Gasteiger partial charge in [-0.25, -0.2) is 4.79 Å². The first-order valence-corrected chi connectivity index (χ1v) is 10.9. The van der Waals surface area contributed by atoms with E-state index in [1.54, 1.807) is 25.1 Å². The summed E-state index contributed by atoms with van der Waals surface area (Å²) in [6, 6.07) is 12.4. The normalized spacial score (nSPS) is 12.4. The summed E-state index contributed by atoms with van der Waals surface area (Å²) >= 11 is 0. The van der Waals surface area contributed by atoms with Gasteiger partial charge in [0.15, 0.2) is 6.10 Å².